The highest BCUT2D eigenvalue weighted by Crippen LogP contribution is 2.17. The number of likely N-dealkylation sites (tertiary alicyclic amines) is 1. The second-order valence-corrected chi connectivity index (χ2v) is 5.79. The Kier molecular flexibility index (Phi) is 5.12. The first-order valence-electron chi connectivity index (χ1n) is 7.02. The van der Waals surface area contributed by atoms with Crippen molar-refractivity contribution in [2.24, 2.45) is 5.92 Å². The van der Waals surface area contributed by atoms with E-state index in [2.05, 4.69) is 12.2 Å². The van der Waals surface area contributed by atoms with E-state index in [0.29, 0.717) is 16.7 Å². The smallest absolute Gasteiger partial charge is 0.320 e. The van der Waals surface area contributed by atoms with Crippen LogP contribution in [-0.2, 0) is 0 Å². The highest BCUT2D eigenvalue weighted by atomic mass is 35.5. The molecule has 0 aliphatic carbocycles. The second-order valence-electron chi connectivity index (χ2n) is 5.36. The number of halogens is 1. The molecule has 2 rings (SSSR count). The maximum absolute atomic E-state index is 12.1. The number of nitrogens with one attached hydrogen (secondary N) is 1. The summed E-state index contributed by atoms with van der Waals surface area (Å²) < 4.78 is 5.64. The number of nitrogens with zero attached hydrogens (tertiary/aromatic N) is 1. The first-order chi connectivity index (χ1) is 9.54. The molecule has 1 aliphatic heterocycles. The van der Waals surface area contributed by atoms with Crippen LogP contribution in [-0.4, -0.2) is 30.2 Å². The Morgan fingerprint density at radius 1 is 1.45 bits per heavy atom. The number of carbonyl (C=O) groups excluding carboxylic acids is 1. The molecule has 0 aromatic heterocycles. The van der Waals surface area contributed by atoms with E-state index in [-0.39, 0.29) is 12.3 Å². The van der Waals surface area contributed by atoms with E-state index in [0.717, 1.165) is 19.5 Å². The molecule has 0 bridgehead atoms. The van der Waals surface area contributed by atoms with Crippen LogP contribution in [0.15, 0.2) is 24.3 Å². The lowest BCUT2D eigenvalue weighted by Crippen LogP contribution is -2.49. The lowest BCUT2D eigenvalue weighted by Gasteiger charge is -2.32. The molecule has 0 radical (unpaired) electrons. The van der Waals surface area contributed by atoms with E-state index < -0.39 is 0 Å². The highest BCUT2D eigenvalue weighted by Gasteiger charge is 2.22. The predicted octanol–water partition coefficient (Wildman–Crippen LogP) is 3.51. The Morgan fingerprint density at radius 2 is 2.15 bits per heavy atom. The molecule has 1 aliphatic rings. The van der Waals surface area contributed by atoms with E-state index in [1.54, 1.807) is 24.3 Å². The minimum atomic E-state index is -0.374. The molecule has 1 heterocycles. The molecule has 1 aromatic rings. The fourth-order valence-corrected chi connectivity index (χ4v) is 2.51. The number of piperidine rings is 1. The Morgan fingerprint density at radius 3 is 2.80 bits per heavy atom. The van der Waals surface area contributed by atoms with Crippen molar-refractivity contribution in [2.75, 3.05) is 13.1 Å². The third kappa shape index (κ3) is 4.30. The lowest BCUT2D eigenvalue weighted by molar-refractivity contribution is 0.137. The molecule has 4 nitrogen and oxygen atoms in total. The van der Waals surface area contributed by atoms with Crippen molar-refractivity contribution in [3.05, 3.63) is 29.3 Å². The van der Waals surface area contributed by atoms with Gasteiger partial charge in [0.15, 0.2) is 6.23 Å². The molecule has 1 saturated heterocycles. The standard InChI is InChI=1S/C15H21ClN2O2/c1-11-4-3-9-18(10-11)15(19)17-12(2)20-14-7-5-13(16)6-8-14/h5-8,11-12H,3-4,9-10H2,1-2H3,(H,17,19). The van der Waals surface area contributed by atoms with Crippen LogP contribution in [0.25, 0.3) is 0 Å². The number of hydrogen-bond acceptors (Lipinski definition) is 2. The van der Waals surface area contributed by atoms with Gasteiger partial charge in [0.1, 0.15) is 5.75 Å². The summed E-state index contributed by atoms with van der Waals surface area (Å²) in [5, 5.41) is 3.53. The van der Waals surface area contributed by atoms with Crippen molar-refractivity contribution in [3.8, 4) is 5.75 Å². The Hall–Kier alpha value is -1.42. The van der Waals surface area contributed by atoms with Gasteiger partial charge in [-0.25, -0.2) is 4.79 Å². The summed E-state index contributed by atoms with van der Waals surface area (Å²) >= 11 is 5.82. The van der Waals surface area contributed by atoms with Gasteiger partial charge < -0.3 is 15.0 Å². The maximum atomic E-state index is 12.1. The molecule has 2 unspecified atom stereocenters. The summed E-state index contributed by atoms with van der Waals surface area (Å²) in [5.41, 5.74) is 0. The number of urea groups is 1. The van der Waals surface area contributed by atoms with Crippen molar-refractivity contribution >= 4 is 17.6 Å². The van der Waals surface area contributed by atoms with E-state index in [9.17, 15) is 4.79 Å². The van der Waals surface area contributed by atoms with E-state index in [4.69, 9.17) is 16.3 Å². The summed E-state index contributed by atoms with van der Waals surface area (Å²) in [7, 11) is 0. The van der Waals surface area contributed by atoms with Crippen molar-refractivity contribution < 1.29 is 9.53 Å². The quantitative estimate of drug-likeness (QED) is 0.867. The van der Waals surface area contributed by atoms with Crippen LogP contribution < -0.4 is 10.1 Å². The molecule has 1 aromatic carbocycles. The molecule has 2 amide bonds. The van der Waals surface area contributed by atoms with Gasteiger partial charge in [-0.05, 0) is 49.9 Å². The number of amides is 2. The largest absolute Gasteiger partial charge is 0.471 e. The summed E-state index contributed by atoms with van der Waals surface area (Å²) in [6.07, 6.45) is 1.89. The Bertz CT molecular complexity index is 450. The highest BCUT2D eigenvalue weighted by molar-refractivity contribution is 6.30. The molecule has 0 saturated carbocycles. The Labute approximate surface area is 125 Å². The van der Waals surface area contributed by atoms with Crippen LogP contribution in [0.4, 0.5) is 4.79 Å². The van der Waals surface area contributed by atoms with Crippen LogP contribution in [0.2, 0.25) is 5.02 Å². The van der Waals surface area contributed by atoms with E-state index >= 15 is 0 Å². The first kappa shape index (κ1) is 15.0. The van der Waals surface area contributed by atoms with Crippen LogP contribution in [0.3, 0.4) is 0 Å². The minimum Gasteiger partial charge on any atom is -0.471 e. The van der Waals surface area contributed by atoms with Gasteiger partial charge in [0.2, 0.25) is 0 Å². The SMILES string of the molecule is CC1CCCN(C(=O)NC(C)Oc2ccc(Cl)cc2)C1. The summed E-state index contributed by atoms with van der Waals surface area (Å²) in [6, 6.07) is 7.04. The zero-order valence-corrected chi connectivity index (χ0v) is 12.7. The number of rotatable bonds is 3. The zero-order valence-electron chi connectivity index (χ0n) is 11.9. The molecule has 1 N–H and O–H groups in total. The minimum absolute atomic E-state index is 0.0574. The van der Waals surface area contributed by atoms with Gasteiger partial charge >= 0.3 is 6.03 Å². The van der Waals surface area contributed by atoms with Gasteiger partial charge in [0.05, 0.1) is 0 Å². The molecule has 110 valence electrons. The fourth-order valence-electron chi connectivity index (χ4n) is 2.39. The number of hydrogen-bond donors (Lipinski definition) is 1. The van der Waals surface area contributed by atoms with Crippen molar-refractivity contribution in [1.82, 2.24) is 10.2 Å². The lowest BCUT2D eigenvalue weighted by atomic mass is 10.0. The van der Waals surface area contributed by atoms with Crippen LogP contribution in [0.1, 0.15) is 26.7 Å². The third-order valence-corrected chi connectivity index (χ3v) is 3.65. The third-order valence-electron chi connectivity index (χ3n) is 3.40. The van der Waals surface area contributed by atoms with Gasteiger partial charge in [-0.2, -0.15) is 0 Å². The van der Waals surface area contributed by atoms with Crippen molar-refractivity contribution in [3.63, 3.8) is 0 Å². The second kappa shape index (κ2) is 6.84. The number of carbonyl (C=O) groups is 1. The fraction of sp³-hybridized carbons (Fsp3) is 0.533. The topological polar surface area (TPSA) is 41.6 Å². The van der Waals surface area contributed by atoms with Gasteiger partial charge in [-0.1, -0.05) is 18.5 Å². The van der Waals surface area contributed by atoms with Gasteiger partial charge in [-0.15, -0.1) is 0 Å². The summed E-state index contributed by atoms with van der Waals surface area (Å²) in [5.74, 6) is 1.26. The number of benzene rings is 1. The average molecular weight is 297 g/mol. The number of ether oxygens (including phenoxy) is 1. The molecular formula is C15H21ClN2O2. The predicted molar refractivity (Wildman–Crippen MR) is 80.0 cm³/mol. The molecule has 1 fully saturated rings. The molecule has 5 heteroatoms. The monoisotopic (exact) mass is 296 g/mol. The van der Waals surface area contributed by atoms with Crippen molar-refractivity contribution in [2.45, 2.75) is 32.9 Å². The van der Waals surface area contributed by atoms with Gasteiger partial charge in [0.25, 0.3) is 0 Å². The van der Waals surface area contributed by atoms with E-state index in [1.165, 1.54) is 6.42 Å². The molecular weight excluding hydrogens is 276 g/mol. The normalized spacial score (nSPS) is 20.4. The zero-order chi connectivity index (χ0) is 14.5. The Balaban J connectivity index is 1.82. The molecule has 20 heavy (non-hydrogen) atoms. The molecule has 2 atom stereocenters. The van der Waals surface area contributed by atoms with Crippen LogP contribution >= 0.6 is 11.6 Å². The summed E-state index contributed by atoms with van der Waals surface area (Å²) in [4.78, 5) is 14.0. The summed E-state index contributed by atoms with van der Waals surface area (Å²) in [6.45, 7) is 5.64. The first-order valence-corrected chi connectivity index (χ1v) is 7.40. The van der Waals surface area contributed by atoms with Gasteiger partial charge in [0, 0.05) is 18.1 Å². The van der Waals surface area contributed by atoms with Crippen LogP contribution in [0, 0.1) is 5.92 Å². The van der Waals surface area contributed by atoms with Crippen molar-refractivity contribution in [1.29, 1.82) is 0 Å². The average Bonchev–Trinajstić information content (AvgIpc) is 2.41. The van der Waals surface area contributed by atoms with Gasteiger partial charge in [-0.3, -0.25) is 0 Å². The van der Waals surface area contributed by atoms with E-state index in [1.807, 2.05) is 11.8 Å². The van der Waals surface area contributed by atoms with Crippen LogP contribution in [0.5, 0.6) is 5.75 Å². The molecule has 0 spiro atoms. The maximum Gasteiger partial charge on any atom is 0.320 e.